The number of nitrogens with zero attached hydrogens (tertiary/aromatic N) is 1. The summed E-state index contributed by atoms with van der Waals surface area (Å²) >= 11 is 7.43. The lowest BCUT2D eigenvalue weighted by Crippen LogP contribution is -2.36. The van der Waals surface area contributed by atoms with Crippen LogP contribution in [0.5, 0.6) is 0 Å². The number of thiazole rings is 1. The van der Waals surface area contributed by atoms with Crippen LogP contribution in [0.3, 0.4) is 0 Å². The van der Waals surface area contributed by atoms with E-state index in [1.807, 2.05) is 20.8 Å². The van der Waals surface area contributed by atoms with Crippen molar-refractivity contribution < 1.29 is 18.1 Å². The van der Waals surface area contributed by atoms with E-state index >= 15 is 0 Å². The number of nitrogens with one attached hydrogen (secondary N) is 2. The molecular weight excluding hydrogens is 437 g/mol. The van der Waals surface area contributed by atoms with Gasteiger partial charge in [-0.2, -0.15) is 0 Å². The second-order valence-corrected chi connectivity index (χ2v) is 11.8. The van der Waals surface area contributed by atoms with Gasteiger partial charge in [-0.05, 0) is 59.2 Å². The van der Waals surface area contributed by atoms with E-state index in [9.17, 15) is 13.4 Å². The molecule has 0 spiro atoms. The van der Waals surface area contributed by atoms with E-state index in [0.29, 0.717) is 15.6 Å². The molecule has 1 unspecified atom stereocenters. The van der Waals surface area contributed by atoms with Gasteiger partial charge in [-0.15, -0.1) is 0 Å². The Bertz CT molecular complexity index is 907. The number of halogens is 2. The fourth-order valence-electron chi connectivity index (χ4n) is 2.16. The van der Waals surface area contributed by atoms with Crippen molar-refractivity contribution >= 4 is 45.1 Å². The van der Waals surface area contributed by atoms with E-state index in [1.165, 1.54) is 29.5 Å². The van der Waals surface area contributed by atoms with Crippen LogP contribution in [-0.4, -0.2) is 25.6 Å². The lowest BCUT2D eigenvalue weighted by Gasteiger charge is -2.24. The van der Waals surface area contributed by atoms with Crippen LogP contribution in [0.1, 0.15) is 58.0 Å². The standard InChI is InChI=1S/C19H25ClFN3O3S2/c1-18(2,3)27-17(25)23-16-22-10-14(28-16)15(24-29(26)19(4,5)6)12-8-7-11(21)9-13(12)20/h7-10,15,24H,1-6H3,(H,22,23,25)/t15-,29?/m1/s1. The van der Waals surface area contributed by atoms with E-state index < -0.39 is 39.3 Å². The number of hydrogen-bond donors (Lipinski definition) is 2. The maximum absolute atomic E-state index is 13.5. The van der Waals surface area contributed by atoms with Crippen molar-refractivity contribution in [1.29, 1.82) is 0 Å². The van der Waals surface area contributed by atoms with Gasteiger partial charge in [0.2, 0.25) is 0 Å². The van der Waals surface area contributed by atoms with E-state index in [4.69, 9.17) is 16.3 Å². The second kappa shape index (κ2) is 9.07. The Morgan fingerprint density at radius 3 is 2.48 bits per heavy atom. The summed E-state index contributed by atoms with van der Waals surface area (Å²) in [5.41, 5.74) is -0.0855. The van der Waals surface area contributed by atoms with Crippen LogP contribution >= 0.6 is 22.9 Å². The lowest BCUT2D eigenvalue weighted by molar-refractivity contribution is 0.0636. The molecule has 0 aliphatic heterocycles. The van der Waals surface area contributed by atoms with Crippen LogP contribution in [0, 0.1) is 5.82 Å². The molecule has 1 aromatic heterocycles. The molecule has 0 saturated heterocycles. The number of carbonyl (C=O) groups is 1. The Labute approximate surface area is 181 Å². The fourth-order valence-corrected chi connectivity index (χ4v) is 4.21. The number of ether oxygens (including phenoxy) is 1. The molecule has 1 amide bonds. The third-order valence-electron chi connectivity index (χ3n) is 3.47. The molecule has 1 aromatic carbocycles. The highest BCUT2D eigenvalue weighted by atomic mass is 35.5. The quantitative estimate of drug-likeness (QED) is 0.622. The third kappa shape index (κ3) is 7.02. The van der Waals surface area contributed by atoms with E-state index in [-0.39, 0.29) is 5.02 Å². The molecule has 1 heterocycles. The van der Waals surface area contributed by atoms with Crippen molar-refractivity contribution in [2.75, 3.05) is 5.32 Å². The average Bonchev–Trinajstić information content (AvgIpc) is 2.98. The summed E-state index contributed by atoms with van der Waals surface area (Å²) in [4.78, 5) is 16.8. The highest BCUT2D eigenvalue weighted by Gasteiger charge is 2.28. The minimum Gasteiger partial charge on any atom is -0.444 e. The van der Waals surface area contributed by atoms with Crippen molar-refractivity contribution in [3.05, 3.63) is 45.7 Å². The topological polar surface area (TPSA) is 80.3 Å². The number of hydrogen-bond acceptors (Lipinski definition) is 5. The molecule has 6 nitrogen and oxygen atoms in total. The van der Waals surface area contributed by atoms with Gasteiger partial charge in [0.1, 0.15) is 11.4 Å². The second-order valence-electron chi connectivity index (χ2n) is 8.29. The summed E-state index contributed by atoms with van der Waals surface area (Å²) in [6, 6.07) is 3.42. The van der Waals surface area contributed by atoms with Gasteiger partial charge in [0.25, 0.3) is 0 Å². The number of anilines is 1. The van der Waals surface area contributed by atoms with E-state index in [2.05, 4.69) is 15.0 Å². The molecule has 0 aliphatic carbocycles. The van der Waals surface area contributed by atoms with Crippen LogP contribution in [0.2, 0.25) is 5.02 Å². The molecule has 2 rings (SSSR count). The monoisotopic (exact) mass is 461 g/mol. The highest BCUT2D eigenvalue weighted by molar-refractivity contribution is 7.84. The highest BCUT2D eigenvalue weighted by Crippen LogP contribution is 2.34. The minimum atomic E-state index is -1.43. The Kier molecular flexibility index (Phi) is 7.42. The first-order chi connectivity index (χ1) is 13.3. The summed E-state index contributed by atoms with van der Waals surface area (Å²) in [7, 11) is -1.43. The molecule has 0 radical (unpaired) electrons. The first-order valence-corrected chi connectivity index (χ1v) is 11.2. The van der Waals surface area contributed by atoms with Crippen LogP contribution < -0.4 is 10.0 Å². The van der Waals surface area contributed by atoms with Crippen LogP contribution in [0.15, 0.2) is 24.4 Å². The average molecular weight is 462 g/mol. The molecule has 0 saturated carbocycles. The van der Waals surface area contributed by atoms with Crippen LogP contribution in [-0.2, 0) is 15.7 Å². The van der Waals surface area contributed by atoms with Crippen molar-refractivity contribution in [3.8, 4) is 0 Å². The molecule has 10 heteroatoms. The van der Waals surface area contributed by atoms with Gasteiger partial charge in [0.15, 0.2) is 5.13 Å². The Morgan fingerprint density at radius 1 is 1.28 bits per heavy atom. The molecule has 0 bridgehead atoms. The van der Waals surface area contributed by atoms with Crippen molar-refractivity contribution in [2.45, 2.75) is 57.9 Å². The predicted octanol–water partition coefficient (Wildman–Crippen LogP) is 5.42. The smallest absolute Gasteiger partial charge is 0.413 e. The Morgan fingerprint density at radius 2 is 1.93 bits per heavy atom. The Hall–Kier alpha value is -1.55. The number of aromatic nitrogens is 1. The molecule has 0 fully saturated rings. The van der Waals surface area contributed by atoms with Gasteiger partial charge in [-0.3, -0.25) is 5.32 Å². The van der Waals surface area contributed by atoms with Crippen molar-refractivity contribution in [1.82, 2.24) is 9.71 Å². The van der Waals surface area contributed by atoms with Crippen LogP contribution in [0.25, 0.3) is 0 Å². The zero-order chi connectivity index (χ0) is 22.0. The van der Waals surface area contributed by atoms with Gasteiger partial charge >= 0.3 is 6.09 Å². The largest absolute Gasteiger partial charge is 0.444 e. The summed E-state index contributed by atoms with van der Waals surface area (Å²) in [5.74, 6) is -0.467. The van der Waals surface area contributed by atoms with Crippen molar-refractivity contribution in [2.24, 2.45) is 0 Å². The molecule has 2 atom stereocenters. The summed E-state index contributed by atoms with van der Waals surface area (Å²) in [5, 5.41) is 3.10. The lowest BCUT2D eigenvalue weighted by atomic mass is 10.1. The first kappa shape index (κ1) is 23.7. The maximum Gasteiger partial charge on any atom is 0.413 e. The van der Waals surface area contributed by atoms with Crippen LogP contribution in [0.4, 0.5) is 14.3 Å². The predicted molar refractivity (Wildman–Crippen MR) is 116 cm³/mol. The maximum atomic E-state index is 13.5. The molecule has 160 valence electrons. The zero-order valence-corrected chi connectivity index (χ0v) is 19.5. The van der Waals surface area contributed by atoms with Gasteiger partial charge < -0.3 is 4.74 Å². The molecule has 29 heavy (non-hydrogen) atoms. The van der Waals surface area contributed by atoms with Gasteiger partial charge in [-0.25, -0.2) is 23.1 Å². The first-order valence-electron chi connectivity index (χ1n) is 8.85. The van der Waals surface area contributed by atoms with Gasteiger partial charge in [0.05, 0.1) is 21.8 Å². The normalized spacial score (nSPS) is 14.3. The van der Waals surface area contributed by atoms with E-state index in [1.54, 1.807) is 27.0 Å². The van der Waals surface area contributed by atoms with E-state index in [0.717, 1.165) is 0 Å². The Balaban J connectivity index is 2.33. The number of carbonyl (C=O) groups excluding carboxylic acids is 1. The number of benzene rings is 1. The number of rotatable bonds is 5. The number of amides is 1. The molecule has 2 N–H and O–H groups in total. The molecule has 2 aromatic rings. The van der Waals surface area contributed by atoms with Crippen molar-refractivity contribution in [3.63, 3.8) is 0 Å². The molecular formula is C19H25ClFN3O3S2. The van der Waals surface area contributed by atoms with Gasteiger partial charge in [-0.1, -0.05) is 29.0 Å². The third-order valence-corrected chi connectivity index (χ3v) is 6.34. The summed E-state index contributed by atoms with van der Waals surface area (Å²) in [6.07, 6.45) is 0.926. The summed E-state index contributed by atoms with van der Waals surface area (Å²) in [6.45, 7) is 10.8. The SMILES string of the molecule is CC(C)(C)OC(=O)Nc1ncc([C@H](NS(=O)C(C)(C)C)c2ccc(F)cc2Cl)s1. The molecule has 0 aliphatic rings. The van der Waals surface area contributed by atoms with Gasteiger partial charge in [0, 0.05) is 16.1 Å². The fraction of sp³-hybridized carbons (Fsp3) is 0.474. The summed E-state index contributed by atoms with van der Waals surface area (Å²) < 4.78 is 34.0. The zero-order valence-electron chi connectivity index (χ0n) is 17.1. The minimum absolute atomic E-state index is 0.198.